The molecule has 0 bridgehead atoms. The summed E-state index contributed by atoms with van der Waals surface area (Å²) in [6, 6.07) is 15.7. The molecule has 0 unspecified atom stereocenters. The zero-order chi connectivity index (χ0) is 20.4. The molecule has 0 aliphatic rings. The second-order valence-electron chi connectivity index (χ2n) is 8.19. The fourth-order valence-electron chi connectivity index (χ4n) is 2.81. The van der Waals surface area contributed by atoms with Crippen molar-refractivity contribution in [1.29, 1.82) is 0 Å². The molecule has 148 valence electrons. The minimum absolute atomic E-state index is 0.0842. The number of unbranched alkanes of at least 4 members (excludes halogenated alkanes) is 1. The van der Waals surface area contributed by atoms with Crippen LogP contribution in [0.3, 0.4) is 0 Å². The number of benzene rings is 2. The smallest absolute Gasteiger partial charge is 0.150 e. The Labute approximate surface area is 169 Å². The summed E-state index contributed by atoms with van der Waals surface area (Å²) in [6.45, 7) is 8.76. The first-order chi connectivity index (χ1) is 13.4. The topological polar surface area (TPSA) is 29.5 Å². The van der Waals surface area contributed by atoms with E-state index in [-0.39, 0.29) is 5.41 Å². The van der Waals surface area contributed by atoms with Crippen molar-refractivity contribution in [1.82, 2.24) is 4.90 Å². The number of carbonyl (C=O) groups is 1. The molecule has 0 N–H and O–H groups in total. The quantitative estimate of drug-likeness (QED) is 0.336. The van der Waals surface area contributed by atoms with Gasteiger partial charge in [0.05, 0.1) is 0 Å². The van der Waals surface area contributed by atoms with E-state index in [9.17, 15) is 4.79 Å². The van der Waals surface area contributed by atoms with Crippen LogP contribution in [0.2, 0.25) is 0 Å². The first-order valence-electron chi connectivity index (χ1n) is 9.80. The summed E-state index contributed by atoms with van der Waals surface area (Å²) in [5.74, 6) is 7.40. The highest BCUT2D eigenvalue weighted by molar-refractivity contribution is 5.74. The van der Waals surface area contributed by atoms with Crippen molar-refractivity contribution in [2.45, 2.75) is 46.8 Å². The zero-order valence-corrected chi connectivity index (χ0v) is 17.5. The minimum atomic E-state index is 0.0842. The lowest BCUT2D eigenvalue weighted by Gasteiger charge is -2.17. The molecule has 0 saturated carbocycles. The monoisotopic (exact) mass is 377 g/mol. The van der Waals surface area contributed by atoms with Crippen molar-refractivity contribution >= 4 is 6.29 Å². The third-order valence-electron chi connectivity index (χ3n) is 4.15. The summed E-state index contributed by atoms with van der Waals surface area (Å²) in [7, 11) is 2.13. The fourth-order valence-corrected chi connectivity index (χ4v) is 2.81. The average Bonchev–Trinajstić information content (AvgIpc) is 2.65. The largest absolute Gasteiger partial charge is 0.489 e. The summed E-state index contributed by atoms with van der Waals surface area (Å²) >= 11 is 0. The average molecular weight is 378 g/mol. The Morgan fingerprint density at radius 2 is 1.82 bits per heavy atom. The Bertz CT molecular complexity index is 824. The molecular weight excluding hydrogens is 346 g/mol. The molecule has 0 fully saturated rings. The van der Waals surface area contributed by atoms with E-state index >= 15 is 0 Å². The van der Waals surface area contributed by atoms with Crippen LogP contribution in [0, 0.1) is 17.3 Å². The lowest BCUT2D eigenvalue weighted by atomic mass is 9.98. The van der Waals surface area contributed by atoms with Gasteiger partial charge in [-0.25, -0.2) is 0 Å². The van der Waals surface area contributed by atoms with E-state index in [0.717, 1.165) is 43.5 Å². The number of aldehydes is 1. The van der Waals surface area contributed by atoms with Crippen LogP contribution in [-0.4, -0.2) is 24.8 Å². The number of hydrogen-bond donors (Lipinski definition) is 0. The maximum absolute atomic E-state index is 10.9. The molecule has 0 aliphatic heterocycles. The van der Waals surface area contributed by atoms with E-state index < -0.39 is 0 Å². The van der Waals surface area contributed by atoms with Gasteiger partial charge in [0.2, 0.25) is 0 Å². The van der Waals surface area contributed by atoms with Crippen LogP contribution < -0.4 is 4.74 Å². The maximum atomic E-state index is 10.9. The van der Waals surface area contributed by atoms with Crippen molar-refractivity contribution in [3.8, 4) is 17.6 Å². The van der Waals surface area contributed by atoms with Gasteiger partial charge in [-0.2, -0.15) is 0 Å². The van der Waals surface area contributed by atoms with Gasteiger partial charge in [-0.05, 0) is 70.1 Å². The number of rotatable bonds is 9. The van der Waals surface area contributed by atoms with Crippen LogP contribution in [0.15, 0.2) is 48.5 Å². The highest BCUT2D eigenvalue weighted by Gasteiger charge is 2.04. The molecule has 0 spiro atoms. The number of hydrogen-bond acceptors (Lipinski definition) is 3. The molecule has 0 heterocycles. The molecule has 2 rings (SSSR count). The van der Waals surface area contributed by atoms with E-state index in [1.807, 2.05) is 30.3 Å². The summed E-state index contributed by atoms with van der Waals surface area (Å²) in [4.78, 5) is 13.2. The van der Waals surface area contributed by atoms with Crippen molar-refractivity contribution in [2.24, 2.45) is 5.41 Å². The molecule has 3 nitrogen and oxygen atoms in total. The van der Waals surface area contributed by atoms with Crippen LogP contribution >= 0.6 is 0 Å². The standard InChI is InChI=1S/C25H31NO2/c1-25(2,3)14-6-5-7-15-26(4)18-21-10-9-13-24(17-21)28-20-23-12-8-11-22(16-23)19-27/h8-13,16-17,19H,5,7,15,18,20H2,1-4H3. The van der Waals surface area contributed by atoms with Gasteiger partial charge in [-0.3, -0.25) is 4.79 Å². The molecule has 3 heteroatoms. The van der Waals surface area contributed by atoms with Gasteiger partial charge in [0, 0.05) is 23.9 Å². The lowest BCUT2D eigenvalue weighted by molar-refractivity contribution is 0.112. The van der Waals surface area contributed by atoms with Gasteiger partial charge in [0.1, 0.15) is 18.6 Å². The molecule has 2 aromatic rings. The van der Waals surface area contributed by atoms with Gasteiger partial charge >= 0.3 is 0 Å². The normalized spacial score (nSPS) is 11.0. The molecule has 2 aromatic carbocycles. The highest BCUT2D eigenvalue weighted by Crippen LogP contribution is 2.17. The highest BCUT2D eigenvalue weighted by atomic mass is 16.5. The molecule has 0 radical (unpaired) electrons. The first-order valence-corrected chi connectivity index (χ1v) is 9.80. The molecule has 0 aliphatic carbocycles. The fraction of sp³-hybridized carbons (Fsp3) is 0.400. The van der Waals surface area contributed by atoms with Crippen LogP contribution in [0.4, 0.5) is 0 Å². The van der Waals surface area contributed by atoms with E-state index in [0.29, 0.717) is 12.2 Å². The third-order valence-corrected chi connectivity index (χ3v) is 4.15. The summed E-state index contributed by atoms with van der Waals surface area (Å²) < 4.78 is 5.91. The van der Waals surface area contributed by atoms with E-state index in [2.05, 4.69) is 56.7 Å². The van der Waals surface area contributed by atoms with Gasteiger partial charge in [0.15, 0.2) is 0 Å². The van der Waals surface area contributed by atoms with E-state index in [1.165, 1.54) is 5.56 Å². The van der Waals surface area contributed by atoms with Gasteiger partial charge in [-0.1, -0.05) is 36.3 Å². The SMILES string of the molecule is CN(CCCC#CC(C)(C)C)Cc1cccc(OCc2cccc(C=O)c2)c1. The zero-order valence-electron chi connectivity index (χ0n) is 17.5. The van der Waals surface area contributed by atoms with Gasteiger partial charge in [-0.15, -0.1) is 5.92 Å². The summed E-state index contributed by atoms with van der Waals surface area (Å²) in [5.41, 5.74) is 2.97. The molecule has 0 saturated heterocycles. The number of nitrogens with zero attached hydrogens (tertiary/aromatic N) is 1. The van der Waals surface area contributed by atoms with E-state index in [1.54, 1.807) is 6.07 Å². The van der Waals surface area contributed by atoms with Crippen molar-refractivity contribution in [2.75, 3.05) is 13.6 Å². The molecular formula is C25H31NO2. The van der Waals surface area contributed by atoms with Crippen LogP contribution in [-0.2, 0) is 13.2 Å². The lowest BCUT2D eigenvalue weighted by Crippen LogP contribution is -2.19. The second kappa shape index (κ2) is 10.7. The van der Waals surface area contributed by atoms with Gasteiger partial charge < -0.3 is 9.64 Å². The Morgan fingerprint density at radius 1 is 1.07 bits per heavy atom. The predicted octanol–water partition coefficient (Wildman–Crippen LogP) is 5.34. The first kappa shape index (κ1) is 21.7. The van der Waals surface area contributed by atoms with Crippen molar-refractivity contribution in [3.63, 3.8) is 0 Å². The molecule has 0 aromatic heterocycles. The Hall–Kier alpha value is -2.57. The second-order valence-corrected chi connectivity index (χ2v) is 8.19. The Morgan fingerprint density at radius 3 is 2.57 bits per heavy atom. The van der Waals surface area contributed by atoms with Crippen molar-refractivity contribution in [3.05, 3.63) is 65.2 Å². The summed E-state index contributed by atoms with van der Waals surface area (Å²) in [6.07, 6.45) is 2.86. The predicted molar refractivity (Wildman–Crippen MR) is 115 cm³/mol. The molecule has 28 heavy (non-hydrogen) atoms. The molecule has 0 atom stereocenters. The Balaban J connectivity index is 1.81. The van der Waals surface area contributed by atoms with Crippen LogP contribution in [0.5, 0.6) is 5.75 Å². The number of ether oxygens (including phenoxy) is 1. The van der Waals surface area contributed by atoms with Crippen LogP contribution in [0.1, 0.15) is 55.1 Å². The van der Waals surface area contributed by atoms with Crippen LogP contribution in [0.25, 0.3) is 0 Å². The minimum Gasteiger partial charge on any atom is -0.489 e. The Kier molecular flexibility index (Phi) is 8.29. The molecule has 0 amide bonds. The van der Waals surface area contributed by atoms with Gasteiger partial charge in [0.25, 0.3) is 0 Å². The number of carbonyl (C=O) groups excluding carboxylic acids is 1. The third kappa shape index (κ3) is 8.41. The van der Waals surface area contributed by atoms with Crippen molar-refractivity contribution < 1.29 is 9.53 Å². The maximum Gasteiger partial charge on any atom is 0.150 e. The summed E-state index contributed by atoms with van der Waals surface area (Å²) in [5, 5.41) is 0. The van der Waals surface area contributed by atoms with E-state index in [4.69, 9.17) is 4.74 Å².